The van der Waals surface area contributed by atoms with Gasteiger partial charge in [-0.05, 0) is 36.4 Å². The molecule has 0 atom stereocenters. The van der Waals surface area contributed by atoms with E-state index in [4.69, 9.17) is 19.5 Å². The molecule has 0 radical (unpaired) electrons. The zero-order chi connectivity index (χ0) is 42.5. The minimum atomic E-state index is -1.60. The Kier molecular flexibility index (Phi) is 11.9. The number of carbonyl (C=O) groups excluding carboxylic acids is 2. The lowest BCUT2D eigenvalue weighted by molar-refractivity contribution is 0.0388. The molecule has 0 saturated carbocycles. The highest BCUT2D eigenvalue weighted by molar-refractivity contribution is 6.83. The number of esters is 2. The molecular formula is C49H46N6O4Si2. The summed E-state index contributed by atoms with van der Waals surface area (Å²) in [4.78, 5) is 46.0. The summed E-state index contributed by atoms with van der Waals surface area (Å²) in [6.07, 6.45) is 3.57. The van der Waals surface area contributed by atoms with Gasteiger partial charge >= 0.3 is 11.9 Å². The van der Waals surface area contributed by atoms with Gasteiger partial charge in [-0.25, -0.2) is 19.6 Å². The van der Waals surface area contributed by atoms with Crippen molar-refractivity contribution in [3.8, 4) is 34.7 Å². The van der Waals surface area contributed by atoms with Gasteiger partial charge in [0.15, 0.2) is 11.4 Å². The molecule has 0 bridgehead atoms. The number of benzene rings is 4. The first-order chi connectivity index (χ1) is 29.5. The molecule has 8 rings (SSSR count). The van der Waals surface area contributed by atoms with Gasteiger partial charge in [-0.1, -0.05) is 105 Å². The highest BCUT2D eigenvalue weighted by Crippen LogP contribution is 2.30. The minimum Gasteiger partial charge on any atom is -0.461 e. The zero-order valence-electron chi connectivity index (χ0n) is 35.0. The van der Waals surface area contributed by atoms with E-state index in [1.807, 2.05) is 94.1 Å². The Bertz CT molecular complexity index is 2830. The predicted molar refractivity (Wildman–Crippen MR) is 245 cm³/mol. The summed E-state index contributed by atoms with van der Waals surface area (Å²) in [5.74, 6) is 8.91. The first-order valence-electron chi connectivity index (χ1n) is 20.5. The van der Waals surface area contributed by atoms with Crippen molar-refractivity contribution in [2.75, 3.05) is 13.2 Å². The monoisotopic (exact) mass is 838 g/mol. The first-order valence-corrected chi connectivity index (χ1v) is 27.1. The summed E-state index contributed by atoms with van der Waals surface area (Å²) >= 11 is 0. The van der Waals surface area contributed by atoms with Crippen LogP contribution in [0.4, 0.5) is 0 Å². The smallest absolute Gasteiger partial charge is 0.358 e. The molecule has 2 aliphatic heterocycles. The summed E-state index contributed by atoms with van der Waals surface area (Å²) in [7, 11) is -2.40. The fourth-order valence-corrected chi connectivity index (χ4v) is 8.17. The van der Waals surface area contributed by atoms with Crippen LogP contribution >= 0.6 is 0 Å². The molecule has 0 N–H and O–H groups in total. The van der Waals surface area contributed by atoms with E-state index in [0.29, 0.717) is 11.4 Å². The third-order valence-electron chi connectivity index (χ3n) is 10.1. The summed E-state index contributed by atoms with van der Waals surface area (Å²) < 4.78 is 15.2. The van der Waals surface area contributed by atoms with Crippen LogP contribution in [-0.2, 0) is 22.6 Å². The molecule has 304 valence electrons. The normalized spacial score (nSPS) is 12.7. The molecule has 0 saturated heterocycles. The fraction of sp³-hybridized carbons (Fsp3) is 0.224. The number of nitrogens with zero attached hydrogens (tertiary/aromatic N) is 6. The molecule has 2 aromatic heterocycles. The van der Waals surface area contributed by atoms with Crippen molar-refractivity contribution in [1.82, 2.24) is 19.1 Å². The van der Waals surface area contributed by atoms with Crippen LogP contribution in [0.15, 0.2) is 120 Å². The van der Waals surface area contributed by atoms with Crippen LogP contribution in [0, 0.1) is 23.3 Å². The molecule has 4 aromatic carbocycles. The van der Waals surface area contributed by atoms with Crippen molar-refractivity contribution in [1.29, 1.82) is 0 Å². The lowest BCUT2D eigenvalue weighted by Gasteiger charge is -2.13. The van der Waals surface area contributed by atoms with Gasteiger partial charge in [0, 0.05) is 54.6 Å². The first kappa shape index (κ1) is 40.9. The molecular weight excluding hydrogens is 793 g/mol. The van der Waals surface area contributed by atoms with E-state index in [-0.39, 0.29) is 44.1 Å². The van der Waals surface area contributed by atoms with Crippen LogP contribution in [0.2, 0.25) is 38.8 Å². The second kappa shape index (κ2) is 17.8. The Morgan fingerprint density at radius 3 is 1.61 bits per heavy atom. The Labute approximate surface area is 359 Å². The molecule has 6 aromatic rings. The Morgan fingerprint density at radius 1 is 0.672 bits per heavy atom. The predicted octanol–water partition coefficient (Wildman–Crippen LogP) is 8.23. The van der Waals surface area contributed by atoms with E-state index >= 15 is 0 Å². The lowest BCUT2D eigenvalue weighted by atomic mass is 9.98. The van der Waals surface area contributed by atoms with Crippen LogP contribution in [0.1, 0.15) is 72.2 Å². The number of ether oxygens (including phenoxy) is 2. The van der Waals surface area contributed by atoms with E-state index in [1.54, 1.807) is 12.7 Å². The second-order valence-corrected chi connectivity index (χ2v) is 24.3. The SMILES string of the molecule is C[SiH](C)CC#Cc1ccc2c(c1)C(c1ccccc1)=NCc1c(C(=O)OCCCOC(=O)c3ncn4c3CN=C(c3ccccc3)c3cc(C#C[Si](C)(C)C)ccc3-4)ncn1-2. The molecule has 0 aliphatic carbocycles. The van der Waals surface area contributed by atoms with Crippen molar-refractivity contribution in [3.05, 3.63) is 166 Å². The average molecular weight is 839 g/mol. The maximum absolute atomic E-state index is 13.5. The highest BCUT2D eigenvalue weighted by atomic mass is 28.3. The Balaban J connectivity index is 0.950. The molecule has 4 heterocycles. The molecule has 0 unspecified atom stereocenters. The largest absolute Gasteiger partial charge is 0.461 e. The van der Waals surface area contributed by atoms with Crippen LogP contribution in [0.5, 0.6) is 0 Å². The number of fused-ring (bicyclic) bond motifs is 6. The van der Waals surface area contributed by atoms with E-state index in [0.717, 1.165) is 62.2 Å². The van der Waals surface area contributed by atoms with E-state index in [2.05, 4.69) is 78.1 Å². The summed E-state index contributed by atoms with van der Waals surface area (Å²) in [6, 6.07) is 33.1. The number of hydrogen-bond donors (Lipinski definition) is 0. The van der Waals surface area contributed by atoms with Gasteiger partial charge in [-0.2, -0.15) is 0 Å². The fourth-order valence-electron chi connectivity index (χ4n) is 7.14. The Morgan fingerprint density at radius 2 is 1.15 bits per heavy atom. The van der Waals surface area contributed by atoms with E-state index in [1.165, 1.54) is 0 Å². The molecule has 10 nitrogen and oxygen atoms in total. The van der Waals surface area contributed by atoms with Crippen molar-refractivity contribution >= 4 is 40.2 Å². The standard InChI is InChI=1S/C49H46N6O4Si2/c1-60(2)26-12-14-34-19-21-40-38(28-34)44(36-15-8-6-9-16-36)50-30-42-46(52-32-54(40)42)48(56)58-24-13-25-59-49(57)47-43-31-51-45(37-17-10-7-11-18-37)39-29-35(23-27-61(3,4)5)20-22-41(39)55(43)33-53-47/h6-11,15-22,28-29,32-33,60H,13,24-26,30-31H2,1-5H3. The van der Waals surface area contributed by atoms with Crippen LogP contribution in [0.25, 0.3) is 11.4 Å². The van der Waals surface area contributed by atoms with Gasteiger partial charge in [-0.15, -0.1) is 11.5 Å². The zero-order valence-corrected chi connectivity index (χ0v) is 37.2. The van der Waals surface area contributed by atoms with E-state index < -0.39 is 28.8 Å². The maximum atomic E-state index is 13.5. The summed E-state index contributed by atoms with van der Waals surface area (Å²) in [5.41, 5.74) is 14.0. The van der Waals surface area contributed by atoms with Crippen molar-refractivity contribution < 1.29 is 19.1 Å². The van der Waals surface area contributed by atoms with Gasteiger partial charge in [-0.3, -0.25) is 19.1 Å². The van der Waals surface area contributed by atoms with Crippen molar-refractivity contribution in [2.24, 2.45) is 9.98 Å². The van der Waals surface area contributed by atoms with Crippen molar-refractivity contribution in [3.63, 3.8) is 0 Å². The third-order valence-corrected chi connectivity index (χ3v) is 12.0. The van der Waals surface area contributed by atoms with Gasteiger partial charge in [0.2, 0.25) is 0 Å². The minimum absolute atomic E-state index is 0.0244. The van der Waals surface area contributed by atoms with E-state index in [9.17, 15) is 9.59 Å². The lowest BCUT2D eigenvalue weighted by Crippen LogP contribution is -2.16. The van der Waals surface area contributed by atoms with Crippen molar-refractivity contribution in [2.45, 2.75) is 58.3 Å². The van der Waals surface area contributed by atoms with Gasteiger partial charge in [0.25, 0.3) is 0 Å². The number of rotatable bonds is 9. The molecule has 61 heavy (non-hydrogen) atoms. The summed E-state index contributed by atoms with van der Waals surface area (Å²) in [5, 5.41) is 0. The Hall–Kier alpha value is -6.87. The summed E-state index contributed by atoms with van der Waals surface area (Å²) in [6.45, 7) is 11.7. The quantitative estimate of drug-likeness (QED) is 0.0628. The second-order valence-electron chi connectivity index (χ2n) is 16.4. The van der Waals surface area contributed by atoms with Gasteiger partial charge in [0.05, 0.1) is 60.5 Å². The molecule has 0 spiro atoms. The molecule has 0 amide bonds. The molecule has 2 aliphatic rings. The number of hydrogen-bond acceptors (Lipinski definition) is 8. The van der Waals surface area contributed by atoms with Crippen LogP contribution in [-0.4, -0.2) is 72.5 Å². The average Bonchev–Trinajstić information content (AvgIpc) is 3.79. The highest BCUT2D eigenvalue weighted by Gasteiger charge is 2.27. The number of aromatic nitrogens is 4. The number of imidazole rings is 2. The molecule has 0 fully saturated rings. The van der Waals surface area contributed by atoms with Crippen LogP contribution < -0.4 is 0 Å². The molecule has 12 heteroatoms. The number of carbonyl (C=O) groups is 2. The van der Waals surface area contributed by atoms with Gasteiger partial charge in [0.1, 0.15) is 20.7 Å². The number of aliphatic imine (C=N–C) groups is 2. The topological polar surface area (TPSA) is 113 Å². The van der Waals surface area contributed by atoms with Gasteiger partial charge < -0.3 is 9.47 Å². The third kappa shape index (κ3) is 9.16. The van der Waals surface area contributed by atoms with Crippen LogP contribution in [0.3, 0.4) is 0 Å². The maximum Gasteiger partial charge on any atom is 0.358 e.